The summed E-state index contributed by atoms with van der Waals surface area (Å²) in [4.78, 5) is 12.5. The highest BCUT2D eigenvalue weighted by Gasteiger charge is 2.26. The maximum absolute atomic E-state index is 15.4. The van der Waals surface area contributed by atoms with Crippen LogP contribution in [0.2, 0.25) is 0 Å². The van der Waals surface area contributed by atoms with Gasteiger partial charge in [0, 0.05) is 30.6 Å². The fraction of sp³-hybridized carbons (Fsp3) is 0.269. The number of benzene rings is 2. The number of methoxy groups -OCH3 is 1. The van der Waals surface area contributed by atoms with Gasteiger partial charge in [0.05, 0.1) is 37.1 Å². The molecule has 3 heterocycles. The molecule has 2 aromatic carbocycles. The van der Waals surface area contributed by atoms with Crippen LogP contribution in [0, 0.1) is 18.6 Å². The van der Waals surface area contributed by atoms with Crippen molar-refractivity contribution in [1.82, 2.24) is 15.0 Å². The summed E-state index contributed by atoms with van der Waals surface area (Å²) in [6, 6.07) is 6.64. The summed E-state index contributed by atoms with van der Waals surface area (Å²) in [5, 5.41) is 8.78. The Morgan fingerprint density at radius 3 is 2.62 bits per heavy atom. The van der Waals surface area contributed by atoms with E-state index in [-0.39, 0.29) is 17.5 Å². The molecule has 0 saturated carbocycles. The highest BCUT2D eigenvalue weighted by molar-refractivity contribution is 7.89. The number of anilines is 1. The topological polar surface area (TPSA) is 139 Å². The number of rotatable bonds is 7. The maximum Gasteiger partial charge on any atom is 0.240 e. The van der Waals surface area contributed by atoms with Crippen LogP contribution in [0.25, 0.3) is 33.2 Å². The van der Waals surface area contributed by atoms with Crippen molar-refractivity contribution in [2.75, 3.05) is 32.7 Å². The molecule has 0 spiro atoms. The normalized spacial score (nSPS) is 15.5. The van der Waals surface area contributed by atoms with E-state index in [4.69, 9.17) is 19.3 Å². The monoisotopic (exact) mass is 557 g/mol. The predicted molar refractivity (Wildman–Crippen MR) is 140 cm³/mol. The lowest BCUT2D eigenvalue weighted by molar-refractivity contribution is 0.142. The molecule has 10 nitrogen and oxygen atoms in total. The molecule has 39 heavy (non-hydrogen) atoms. The SMILES string of the molecule is CNc1nc(C)c2cc(-c3cnc(OC)c(-c4c(F)ccc(S(N)(=O)=O)c4F)c3)cc(OC3CCOC3)c2n1. The number of hydrogen-bond acceptors (Lipinski definition) is 9. The van der Waals surface area contributed by atoms with Gasteiger partial charge in [-0.05, 0) is 42.8 Å². The van der Waals surface area contributed by atoms with Crippen LogP contribution < -0.4 is 19.9 Å². The molecule has 0 radical (unpaired) electrons. The average Bonchev–Trinajstić information content (AvgIpc) is 3.41. The van der Waals surface area contributed by atoms with E-state index in [1.165, 1.54) is 19.4 Å². The number of aryl methyl sites for hydroxylation is 1. The summed E-state index contributed by atoms with van der Waals surface area (Å²) in [5.74, 6) is -1.56. The summed E-state index contributed by atoms with van der Waals surface area (Å²) in [7, 11) is -1.46. The smallest absolute Gasteiger partial charge is 0.240 e. The highest BCUT2D eigenvalue weighted by atomic mass is 32.2. The molecule has 1 fully saturated rings. The van der Waals surface area contributed by atoms with Crippen LogP contribution in [0.4, 0.5) is 14.7 Å². The number of primary sulfonamides is 1. The number of aromatic nitrogens is 3. The summed E-state index contributed by atoms with van der Waals surface area (Å²) >= 11 is 0. The Morgan fingerprint density at radius 1 is 1.15 bits per heavy atom. The number of sulfonamides is 1. The minimum Gasteiger partial charge on any atom is -0.486 e. The number of nitrogens with zero attached hydrogens (tertiary/aromatic N) is 3. The van der Waals surface area contributed by atoms with E-state index in [0.717, 1.165) is 12.1 Å². The van der Waals surface area contributed by atoms with E-state index in [1.807, 2.05) is 13.0 Å². The number of ether oxygens (including phenoxy) is 3. The first-order valence-electron chi connectivity index (χ1n) is 11.9. The lowest BCUT2D eigenvalue weighted by atomic mass is 9.98. The molecule has 5 rings (SSSR count). The van der Waals surface area contributed by atoms with E-state index in [0.29, 0.717) is 59.1 Å². The molecule has 0 bridgehead atoms. The summed E-state index contributed by atoms with van der Waals surface area (Å²) < 4.78 is 71.1. The molecule has 1 aliphatic heterocycles. The van der Waals surface area contributed by atoms with Crippen LogP contribution in [0.15, 0.2) is 41.4 Å². The zero-order chi connectivity index (χ0) is 27.9. The van der Waals surface area contributed by atoms with Crippen molar-refractivity contribution < 1.29 is 31.4 Å². The standard InChI is InChI=1S/C26H25F2N5O5S/c1-13-17-8-14(10-20(38-16-6-7-37-12-16)24(17)33-26(30-2)32-13)15-9-18(25(36-3)31-11-15)22-19(27)4-5-21(23(22)28)39(29,34)35/h4-5,8-11,16H,6-7,12H2,1-3H3,(H2,29,34,35)(H,30,32,33). The second kappa shape index (κ2) is 10.3. The Kier molecular flexibility index (Phi) is 7.05. The minimum absolute atomic E-state index is 0.0965. The van der Waals surface area contributed by atoms with Crippen molar-refractivity contribution >= 4 is 26.9 Å². The molecule has 0 amide bonds. The number of pyridine rings is 1. The van der Waals surface area contributed by atoms with Crippen molar-refractivity contribution in [3.8, 4) is 33.9 Å². The van der Waals surface area contributed by atoms with Gasteiger partial charge in [-0.3, -0.25) is 0 Å². The first-order chi connectivity index (χ1) is 18.6. The summed E-state index contributed by atoms with van der Waals surface area (Å²) in [6.45, 7) is 2.85. The van der Waals surface area contributed by atoms with Gasteiger partial charge < -0.3 is 19.5 Å². The zero-order valence-electron chi connectivity index (χ0n) is 21.3. The van der Waals surface area contributed by atoms with E-state index >= 15 is 4.39 Å². The highest BCUT2D eigenvalue weighted by Crippen LogP contribution is 2.39. The summed E-state index contributed by atoms with van der Waals surface area (Å²) in [5.41, 5.74) is 1.59. The second-order valence-electron chi connectivity index (χ2n) is 8.92. The van der Waals surface area contributed by atoms with Crippen LogP contribution in [-0.4, -0.2) is 56.8 Å². The van der Waals surface area contributed by atoms with Gasteiger partial charge in [0.1, 0.15) is 28.1 Å². The van der Waals surface area contributed by atoms with Gasteiger partial charge in [0.2, 0.25) is 21.9 Å². The third kappa shape index (κ3) is 5.07. The number of nitrogens with one attached hydrogen (secondary N) is 1. The Morgan fingerprint density at radius 2 is 1.95 bits per heavy atom. The van der Waals surface area contributed by atoms with Gasteiger partial charge in [-0.2, -0.15) is 0 Å². The fourth-order valence-corrected chi connectivity index (χ4v) is 5.06. The molecular formula is C26H25F2N5O5S. The number of fused-ring (bicyclic) bond motifs is 1. The molecule has 1 saturated heterocycles. The van der Waals surface area contributed by atoms with Gasteiger partial charge in [-0.15, -0.1) is 0 Å². The van der Waals surface area contributed by atoms with Crippen LogP contribution in [-0.2, 0) is 14.8 Å². The lowest BCUT2D eigenvalue weighted by Crippen LogP contribution is -2.16. The van der Waals surface area contributed by atoms with Crippen molar-refractivity contribution in [2.45, 2.75) is 24.3 Å². The van der Waals surface area contributed by atoms with Crippen molar-refractivity contribution in [3.05, 3.63) is 53.9 Å². The summed E-state index contributed by atoms with van der Waals surface area (Å²) in [6.07, 6.45) is 2.01. The largest absolute Gasteiger partial charge is 0.486 e. The van der Waals surface area contributed by atoms with Gasteiger partial charge in [-0.1, -0.05) is 0 Å². The van der Waals surface area contributed by atoms with Crippen LogP contribution in [0.3, 0.4) is 0 Å². The Balaban J connectivity index is 1.72. The van der Waals surface area contributed by atoms with Gasteiger partial charge in [0.25, 0.3) is 0 Å². The Bertz CT molecular complexity index is 1690. The molecule has 2 aromatic heterocycles. The van der Waals surface area contributed by atoms with E-state index in [2.05, 4.69) is 20.3 Å². The molecule has 1 atom stereocenters. The van der Waals surface area contributed by atoms with Gasteiger partial charge >= 0.3 is 0 Å². The first-order valence-corrected chi connectivity index (χ1v) is 13.5. The zero-order valence-corrected chi connectivity index (χ0v) is 22.1. The quantitative estimate of drug-likeness (QED) is 0.347. The number of halogens is 2. The predicted octanol–water partition coefficient (Wildman–Crippen LogP) is 3.81. The molecule has 204 valence electrons. The minimum atomic E-state index is -4.46. The van der Waals surface area contributed by atoms with E-state index in [1.54, 1.807) is 13.1 Å². The van der Waals surface area contributed by atoms with Crippen LogP contribution in [0.5, 0.6) is 11.6 Å². The fourth-order valence-electron chi connectivity index (χ4n) is 4.45. The number of nitrogens with two attached hydrogens (primary N) is 1. The van der Waals surface area contributed by atoms with Gasteiger partial charge in [-0.25, -0.2) is 37.3 Å². The molecular weight excluding hydrogens is 532 g/mol. The molecule has 1 aliphatic rings. The third-order valence-corrected chi connectivity index (χ3v) is 7.30. The molecule has 0 aliphatic carbocycles. The lowest BCUT2D eigenvalue weighted by Gasteiger charge is -2.17. The van der Waals surface area contributed by atoms with E-state index < -0.39 is 32.1 Å². The van der Waals surface area contributed by atoms with Crippen LogP contribution >= 0.6 is 0 Å². The Hall–Kier alpha value is -3.94. The molecule has 3 N–H and O–H groups in total. The first kappa shape index (κ1) is 26.7. The second-order valence-corrected chi connectivity index (χ2v) is 10.4. The molecule has 1 unspecified atom stereocenters. The average molecular weight is 558 g/mol. The third-order valence-electron chi connectivity index (χ3n) is 6.37. The molecule has 4 aromatic rings. The van der Waals surface area contributed by atoms with E-state index in [9.17, 15) is 12.8 Å². The van der Waals surface area contributed by atoms with Crippen LogP contribution in [0.1, 0.15) is 12.1 Å². The van der Waals surface area contributed by atoms with Crippen molar-refractivity contribution in [1.29, 1.82) is 0 Å². The van der Waals surface area contributed by atoms with Crippen molar-refractivity contribution in [2.24, 2.45) is 5.14 Å². The Labute approximate surface area is 223 Å². The maximum atomic E-state index is 15.4. The molecule has 13 heteroatoms. The van der Waals surface area contributed by atoms with Crippen molar-refractivity contribution in [3.63, 3.8) is 0 Å². The van der Waals surface area contributed by atoms with Gasteiger partial charge in [0.15, 0.2) is 5.82 Å². The number of hydrogen-bond donors (Lipinski definition) is 2.